The Hall–Kier alpha value is -1.86. The van der Waals surface area contributed by atoms with Gasteiger partial charge in [-0.1, -0.05) is 18.2 Å². The van der Waals surface area contributed by atoms with Crippen molar-refractivity contribution in [3.05, 3.63) is 50.6 Å². The number of carbonyl (C=O) groups is 2. The molecule has 116 valence electrons. The Balaban J connectivity index is 1.70. The normalized spacial score (nSPS) is 10.1. The molecule has 0 bridgehead atoms. The Morgan fingerprint density at radius 3 is 2.64 bits per heavy atom. The maximum atomic E-state index is 11.7. The lowest BCUT2D eigenvalue weighted by Gasteiger charge is -2.09. The Kier molecular flexibility index (Phi) is 5.97. The van der Waals surface area contributed by atoms with Crippen LogP contribution in [0.3, 0.4) is 0 Å². The maximum absolute atomic E-state index is 11.7. The van der Waals surface area contributed by atoms with Crippen LogP contribution in [0, 0.1) is 6.92 Å². The first-order chi connectivity index (χ1) is 10.6. The molecule has 0 atom stereocenters. The van der Waals surface area contributed by atoms with Crippen LogP contribution in [0.15, 0.2) is 40.2 Å². The molecule has 1 aromatic carbocycles. The van der Waals surface area contributed by atoms with Gasteiger partial charge in [0.1, 0.15) is 5.75 Å². The number of ether oxygens (including phenoxy) is 1. The van der Waals surface area contributed by atoms with Crippen LogP contribution in [-0.2, 0) is 4.79 Å². The molecular weight excluding hydrogens is 368 g/mol. The van der Waals surface area contributed by atoms with Gasteiger partial charge in [0, 0.05) is 0 Å². The summed E-state index contributed by atoms with van der Waals surface area (Å²) in [6.07, 6.45) is 0.156. The first kappa shape index (κ1) is 16.5. The standard InChI is InChI=1S/C15H15BrN2O3S/c1-10-4-2-3-5-11(10)21-9-8-14(19)17-18-15(20)12-6-7-13(16)22-12/h2-7H,8-9H2,1H3,(H,17,19)(H,18,20). The van der Waals surface area contributed by atoms with Gasteiger partial charge in [0.05, 0.1) is 21.7 Å². The zero-order valence-electron chi connectivity index (χ0n) is 11.9. The van der Waals surface area contributed by atoms with Crippen LogP contribution in [0.5, 0.6) is 5.75 Å². The van der Waals surface area contributed by atoms with Crippen molar-refractivity contribution in [3.8, 4) is 5.75 Å². The summed E-state index contributed by atoms with van der Waals surface area (Å²) in [6, 6.07) is 11.0. The second-order valence-corrected chi connectivity index (χ2v) is 6.93. The van der Waals surface area contributed by atoms with E-state index in [0.29, 0.717) is 4.88 Å². The summed E-state index contributed by atoms with van der Waals surface area (Å²) >= 11 is 4.57. The number of rotatable bonds is 5. The first-order valence-corrected chi connectivity index (χ1v) is 8.20. The van der Waals surface area contributed by atoms with Crippen molar-refractivity contribution < 1.29 is 14.3 Å². The van der Waals surface area contributed by atoms with Crippen molar-refractivity contribution in [2.75, 3.05) is 6.61 Å². The minimum Gasteiger partial charge on any atom is -0.493 e. The number of carbonyl (C=O) groups excluding carboxylic acids is 2. The zero-order valence-corrected chi connectivity index (χ0v) is 14.3. The molecule has 0 aliphatic rings. The molecule has 0 radical (unpaired) electrons. The van der Waals surface area contributed by atoms with Crippen molar-refractivity contribution in [1.29, 1.82) is 0 Å². The molecule has 0 unspecified atom stereocenters. The van der Waals surface area contributed by atoms with E-state index in [0.717, 1.165) is 15.1 Å². The Bertz CT molecular complexity index is 672. The van der Waals surface area contributed by atoms with Gasteiger partial charge in [-0.05, 0) is 46.6 Å². The summed E-state index contributed by atoms with van der Waals surface area (Å²) < 4.78 is 6.38. The van der Waals surface area contributed by atoms with Crippen LogP contribution in [-0.4, -0.2) is 18.4 Å². The summed E-state index contributed by atoms with van der Waals surface area (Å²) in [5, 5.41) is 0. The molecule has 5 nitrogen and oxygen atoms in total. The van der Waals surface area contributed by atoms with Gasteiger partial charge < -0.3 is 4.74 Å². The number of halogens is 1. The Morgan fingerprint density at radius 2 is 1.95 bits per heavy atom. The molecule has 0 aliphatic carbocycles. The number of para-hydroxylation sites is 1. The van der Waals surface area contributed by atoms with E-state index in [2.05, 4.69) is 26.8 Å². The molecule has 0 fully saturated rings. The fraction of sp³-hybridized carbons (Fsp3) is 0.200. The van der Waals surface area contributed by atoms with Crippen LogP contribution in [0.4, 0.5) is 0 Å². The molecule has 2 amide bonds. The Morgan fingerprint density at radius 1 is 1.18 bits per heavy atom. The Labute approximate surface area is 140 Å². The van der Waals surface area contributed by atoms with Crippen molar-refractivity contribution in [3.63, 3.8) is 0 Å². The zero-order chi connectivity index (χ0) is 15.9. The van der Waals surface area contributed by atoms with E-state index in [-0.39, 0.29) is 24.8 Å². The SMILES string of the molecule is Cc1ccccc1OCCC(=O)NNC(=O)c1ccc(Br)s1. The minimum absolute atomic E-state index is 0.156. The molecular formula is C15H15BrN2O3S. The average Bonchev–Trinajstić information content (AvgIpc) is 2.93. The number of hydrogen-bond acceptors (Lipinski definition) is 4. The lowest BCUT2D eigenvalue weighted by molar-refractivity contribution is -0.122. The van der Waals surface area contributed by atoms with E-state index in [9.17, 15) is 9.59 Å². The highest BCUT2D eigenvalue weighted by atomic mass is 79.9. The van der Waals surface area contributed by atoms with E-state index in [1.54, 1.807) is 12.1 Å². The molecule has 0 saturated carbocycles. The van der Waals surface area contributed by atoms with Crippen LogP contribution in [0.25, 0.3) is 0 Å². The van der Waals surface area contributed by atoms with Crippen molar-refractivity contribution in [2.24, 2.45) is 0 Å². The number of amides is 2. The summed E-state index contributed by atoms with van der Waals surface area (Å²) in [5.74, 6) is 0.101. The second-order valence-electron chi connectivity index (χ2n) is 4.47. The quantitative estimate of drug-likeness (QED) is 0.780. The number of benzene rings is 1. The van der Waals surface area contributed by atoms with E-state index in [4.69, 9.17) is 4.74 Å². The fourth-order valence-corrected chi connectivity index (χ4v) is 2.94. The molecule has 0 spiro atoms. The summed E-state index contributed by atoms with van der Waals surface area (Å²) in [5.41, 5.74) is 5.75. The highest BCUT2D eigenvalue weighted by molar-refractivity contribution is 9.11. The van der Waals surface area contributed by atoms with Gasteiger partial charge in [0.25, 0.3) is 5.91 Å². The molecule has 0 aliphatic heterocycles. The van der Waals surface area contributed by atoms with Crippen LogP contribution < -0.4 is 15.6 Å². The summed E-state index contributed by atoms with van der Waals surface area (Å²) in [4.78, 5) is 23.9. The van der Waals surface area contributed by atoms with Gasteiger partial charge >= 0.3 is 0 Å². The molecule has 2 N–H and O–H groups in total. The third-order valence-electron chi connectivity index (χ3n) is 2.79. The molecule has 2 aromatic rings. The van der Waals surface area contributed by atoms with Gasteiger partial charge in [-0.25, -0.2) is 0 Å². The fourth-order valence-electron chi connectivity index (χ4n) is 1.66. The highest BCUT2D eigenvalue weighted by Crippen LogP contribution is 2.21. The molecule has 2 rings (SSSR count). The number of thiophene rings is 1. The molecule has 22 heavy (non-hydrogen) atoms. The molecule has 1 aromatic heterocycles. The summed E-state index contributed by atoms with van der Waals surface area (Å²) in [6.45, 7) is 2.19. The number of hydrogen-bond donors (Lipinski definition) is 2. The number of aryl methyl sites for hydroxylation is 1. The molecule has 7 heteroatoms. The van der Waals surface area contributed by atoms with Gasteiger partial charge in [0.2, 0.25) is 5.91 Å². The van der Waals surface area contributed by atoms with E-state index in [1.165, 1.54) is 11.3 Å². The van der Waals surface area contributed by atoms with Gasteiger partial charge in [-0.3, -0.25) is 20.4 Å². The van der Waals surface area contributed by atoms with Crippen LogP contribution >= 0.6 is 27.3 Å². The van der Waals surface area contributed by atoms with Gasteiger partial charge in [0.15, 0.2) is 0 Å². The molecule has 1 heterocycles. The van der Waals surface area contributed by atoms with Crippen molar-refractivity contribution in [2.45, 2.75) is 13.3 Å². The van der Waals surface area contributed by atoms with E-state index >= 15 is 0 Å². The topological polar surface area (TPSA) is 67.4 Å². The van der Waals surface area contributed by atoms with Crippen LogP contribution in [0.1, 0.15) is 21.7 Å². The third kappa shape index (κ3) is 4.85. The van der Waals surface area contributed by atoms with Crippen molar-refractivity contribution >= 4 is 39.1 Å². The predicted molar refractivity (Wildman–Crippen MR) is 88.9 cm³/mol. The third-order valence-corrected chi connectivity index (χ3v) is 4.42. The largest absolute Gasteiger partial charge is 0.493 e. The average molecular weight is 383 g/mol. The van der Waals surface area contributed by atoms with Gasteiger partial charge in [-0.15, -0.1) is 11.3 Å². The predicted octanol–water partition coefficient (Wildman–Crippen LogP) is 3.05. The number of hydrazine groups is 1. The lowest BCUT2D eigenvalue weighted by Crippen LogP contribution is -2.41. The van der Waals surface area contributed by atoms with Crippen LogP contribution in [0.2, 0.25) is 0 Å². The maximum Gasteiger partial charge on any atom is 0.279 e. The molecule has 0 saturated heterocycles. The lowest BCUT2D eigenvalue weighted by atomic mass is 10.2. The van der Waals surface area contributed by atoms with E-state index in [1.807, 2.05) is 31.2 Å². The highest BCUT2D eigenvalue weighted by Gasteiger charge is 2.09. The second kappa shape index (κ2) is 7.95. The summed E-state index contributed by atoms with van der Waals surface area (Å²) in [7, 11) is 0. The minimum atomic E-state index is -0.344. The van der Waals surface area contributed by atoms with Gasteiger partial charge in [-0.2, -0.15) is 0 Å². The smallest absolute Gasteiger partial charge is 0.279 e. The van der Waals surface area contributed by atoms with E-state index < -0.39 is 0 Å². The number of nitrogens with one attached hydrogen (secondary N) is 2. The first-order valence-electron chi connectivity index (χ1n) is 6.59. The van der Waals surface area contributed by atoms with Crippen molar-refractivity contribution in [1.82, 2.24) is 10.9 Å². The monoisotopic (exact) mass is 382 g/mol.